The van der Waals surface area contributed by atoms with E-state index in [-0.39, 0.29) is 17.6 Å². The van der Waals surface area contributed by atoms with E-state index in [4.69, 9.17) is 9.47 Å². The van der Waals surface area contributed by atoms with E-state index in [2.05, 4.69) is 33.6 Å². The highest BCUT2D eigenvalue weighted by Gasteiger charge is 2.53. The summed E-state index contributed by atoms with van der Waals surface area (Å²) in [6, 6.07) is 18.7. The van der Waals surface area contributed by atoms with Gasteiger partial charge in [-0.05, 0) is 86.1 Å². The molecule has 48 heavy (non-hydrogen) atoms. The highest BCUT2D eigenvalue weighted by Crippen LogP contribution is 2.57. The van der Waals surface area contributed by atoms with Crippen molar-refractivity contribution in [1.82, 2.24) is 24.1 Å². The molecule has 4 aliphatic rings. The van der Waals surface area contributed by atoms with Gasteiger partial charge in [-0.15, -0.1) is 0 Å². The predicted octanol–water partition coefficient (Wildman–Crippen LogP) is 7.26. The van der Waals surface area contributed by atoms with Crippen LogP contribution in [-0.4, -0.2) is 54.3 Å². The summed E-state index contributed by atoms with van der Waals surface area (Å²) in [5.74, 6) is 2.34. The molecule has 1 aliphatic heterocycles. The molecular formula is C39H39N5O4. The number of phenols is 2. The first-order chi connectivity index (χ1) is 23.5. The molecule has 2 aromatic carbocycles. The number of nitrogens with zero attached hydrogens (tertiary/aromatic N) is 4. The molecule has 3 aliphatic carbocycles. The molecule has 5 heterocycles. The highest BCUT2D eigenvalue weighted by atomic mass is 16.5. The Morgan fingerprint density at radius 3 is 1.48 bits per heavy atom. The first-order valence-electron chi connectivity index (χ1n) is 17.0. The second kappa shape index (κ2) is 11.3. The summed E-state index contributed by atoms with van der Waals surface area (Å²) < 4.78 is 16.9. The third kappa shape index (κ3) is 4.95. The number of fused-ring (bicyclic) bond motifs is 2. The van der Waals surface area contributed by atoms with Crippen LogP contribution in [0.3, 0.4) is 0 Å². The number of hydrogen-bond acceptors (Lipinski definition) is 7. The molecule has 0 amide bonds. The Morgan fingerprint density at radius 1 is 0.625 bits per heavy atom. The van der Waals surface area contributed by atoms with E-state index in [1.165, 1.54) is 32.1 Å². The molecular weight excluding hydrogens is 602 g/mol. The Labute approximate surface area is 278 Å². The lowest BCUT2D eigenvalue weighted by Gasteiger charge is -2.55. The summed E-state index contributed by atoms with van der Waals surface area (Å²) in [7, 11) is 0. The van der Waals surface area contributed by atoms with Crippen LogP contribution in [-0.2, 0) is 0 Å². The van der Waals surface area contributed by atoms with Crippen LogP contribution in [0.15, 0.2) is 98.1 Å². The predicted molar refractivity (Wildman–Crippen MR) is 183 cm³/mol. The Bertz CT molecular complexity index is 1930. The molecule has 0 bridgehead atoms. The van der Waals surface area contributed by atoms with E-state index in [9.17, 15) is 10.2 Å². The van der Waals surface area contributed by atoms with Crippen molar-refractivity contribution >= 4 is 11.0 Å². The second-order valence-corrected chi connectivity index (χ2v) is 14.1. The van der Waals surface area contributed by atoms with Gasteiger partial charge >= 0.3 is 0 Å². The maximum atomic E-state index is 9.51. The molecule has 4 fully saturated rings. The minimum absolute atomic E-state index is 0.271. The summed E-state index contributed by atoms with van der Waals surface area (Å²) in [5.41, 5.74) is 7.01. The fourth-order valence-corrected chi connectivity index (χ4v) is 7.88. The maximum Gasteiger partial charge on any atom is 0.146 e. The van der Waals surface area contributed by atoms with Gasteiger partial charge in [0.1, 0.15) is 46.2 Å². The van der Waals surface area contributed by atoms with Gasteiger partial charge in [0.25, 0.3) is 0 Å². The zero-order valence-corrected chi connectivity index (χ0v) is 26.8. The summed E-state index contributed by atoms with van der Waals surface area (Å²) >= 11 is 0. The lowest BCUT2D eigenvalue weighted by atomic mass is 9.54. The molecule has 244 valence electrons. The number of nitrogens with one attached hydrogen (secondary N) is 1. The molecule has 4 aromatic heterocycles. The van der Waals surface area contributed by atoms with E-state index in [1.807, 2.05) is 58.0 Å². The molecule has 2 spiro atoms. The lowest BCUT2D eigenvalue weighted by Crippen LogP contribution is -2.66. The Kier molecular flexibility index (Phi) is 6.86. The number of imidazole rings is 2. The zero-order valence-electron chi connectivity index (χ0n) is 26.8. The first-order valence-corrected chi connectivity index (χ1v) is 17.0. The van der Waals surface area contributed by atoms with Gasteiger partial charge in [-0.3, -0.25) is 0 Å². The first kappa shape index (κ1) is 29.1. The van der Waals surface area contributed by atoms with Gasteiger partial charge in [-0.25, -0.2) is 9.97 Å². The molecule has 3 saturated carbocycles. The van der Waals surface area contributed by atoms with E-state index < -0.39 is 0 Å². The van der Waals surface area contributed by atoms with Gasteiger partial charge < -0.3 is 33.8 Å². The van der Waals surface area contributed by atoms with E-state index in [0.717, 1.165) is 70.7 Å². The number of phenolic OH excluding ortho intramolecular Hbond substituents is 2. The van der Waals surface area contributed by atoms with Crippen molar-refractivity contribution in [3.8, 4) is 45.3 Å². The van der Waals surface area contributed by atoms with Gasteiger partial charge in [0, 0.05) is 47.4 Å². The number of rotatable bonds is 6. The van der Waals surface area contributed by atoms with E-state index >= 15 is 0 Å². The van der Waals surface area contributed by atoms with Crippen LogP contribution in [0.2, 0.25) is 0 Å². The summed E-state index contributed by atoms with van der Waals surface area (Å²) in [6.45, 7) is 2.12. The third-order valence-corrected chi connectivity index (χ3v) is 11.4. The van der Waals surface area contributed by atoms with Crippen LogP contribution < -0.4 is 14.8 Å². The van der Waals surface area contributed by atoms with E-state index in [1.54, 1.807) is 30.6 Å². The fourth-order valence-electron chi connectivity index (χ4n) is 7.88. The average Bonchev–Trinajstić information content (AvgIpc) is 3.71. The lowest BCUT2D eigenvalue weighted by molar-refractivity contribution is -0.0994. The van der Waals surface area contributed by atoms with Gasteiger partial charge in [-0.2, -0.15) is 0 Å². The summed E-state index contributed by atoms with van der Waals surface area (Å²) in [4.78, 5) is 8.54. The minimum Gasteiger partial charge on any atom is -0.508 e. The average molecular weight is 642 g/mol. The van der Waals surface area contributed by atoms with Crippen molar-refractivity contribution in [2.24, 2.45) is 10.8 Å². The smallest absolute Gasteiger partial charge is 0.146 e. The van der Waals surface area contributed by atoms with Crippen LogP contribution in [0.25, 0.3) is 33.3 Å². The van der Waals surface area contributed by atoms with Gasteiger partial charge in [0.05, 0.1) is 25.0 Å². The number of ether oxygens (including phenoxy) is 2. The maximum absolute atomic E-state index is 9.51. The second-order valence-electron chi connectivity index (χ2n) is 14.1. The number of aromatic hydroxyl groups is 2. The monoisotopic (exact) mass is 641 g/mol. The molecule has 9 nitrogen and oxygen atoms in total. The van der Waals surface area contributed by atoms with Crippen LogP contribution in [0.1, 0.15) is 44.9 Å². The molecule has 1 saturated heterocycles. The Balaban J connectivity index is 0.000000131. The van der Waals surface area contributed by atoms with Crippen LogP contribution in [0, 0.1) is 10.8 Å². The zero-order chi connectivity index (χ0) is 32.3. The standard InChI is InChI=1S/C20H20N2O2.C19H19N3O2/c23-16-4-2-14(3-5-16)15-10-18(17-11-21-13-22(17)12-15)24-19-6-9-20(19)7-1-8-20;23-15-3-1-13(2-4-15)14-7-17(16-8-20-12-22(16)9-14)24-18-5-6-19(18)10-21-11-19/h2-5,10-13,19,23H,1,6-9H2;1-4,7-9,12,18,21,23H,5-6,10-11H2. The van der Waals surface area contributed by atoms with Gasteiger partial charge in [-0.1, -0.05) is 30.7 Å². The van der Waals surface area contributed by atoms with Crippen LogP contribution in [0.4, 0.5) is 0 Å². The molecule has 2 unspecified atom stereocenters. The normalized spacial score (nSPS) is 21.4. The third-order valence-electron chi connectivity index (χ3n) is 11.4. The van der Waals surface area contributed by atoms with E-state index in [0.29, 0.717) is 16.9 Å². The molecule has 0 radical (unpaired) electrons. The Morgan fingerprint density at radius 2 is 1.10 bits per heavy atom. The molecule has 2 atom stereocenters. The van der Waals surface area contributed by atoms with Crippen LogP contribution >= 0.6 is 0 Å². The van der Waals surface area contributed by atoms with Gasteiger partial charge in [0.15, 0.2) is 0 Å². The van der Waals surface area contributed by atoms with Crippen molar-refractivity contribution in [3.05, 3.63) is 98.1 Å². The number of hydrogen-bond donors (Lipinski definition) is 3. The quantitative estimate of drug-likeness (QED) is 0.176. The number of aromatic nitrogens is 4. The summed E-state index contributed by atoms with van der Waals surface area (Å²) in [6.07, 6.45) is 20.8. The fraction of sp³-hybridized carbons (Fsp3) is 0.333. The SMILES string of the molecule is Oc1ccc(-c2cc(OC3CCC34CCC4)c3cncn3c2)cc1.Oc1ccc(-c2cc(OC3CCC34CNC4)c3cncn3c2)cc1. The highest BCUT2D eigenvalue weighted by molar-refractivity contribution is 5.72. The largest absolute Gasteiger partial charge is 0.508 e. The molecule has 9 heteroatoms. The van der Waals surface area contributed by atoms with Crippen molar-refractivity contribution in [2.75, 3.05) is 13.1 Å². The molecule has 10 rings (SSSR count). The molecule has 3 N–H and O–H groups in total. The molecule has 6 aromatic rings. The number of pyridine rings is 2. The summed E-state index contributed by atoms with van der Waals surface area (Å²) in [5, 5.41) is 22.4. The Hall–Kier alpha value is -5.02. The topological polar surface area (TPSA) is 106 Å². The van der Waals surface area contributed by atoms with Crippen molar-refractivity contribution < 1.29 is 19.7 Å². The minimum atomic E-state index is 0.271. The van der Waals surface area contributed by atoms with Crippen molar-refractivity contribution in [3.63, 3.8) is 0 Å². The number of benzene rings is 2. The van der Waals surface area contributed by atoms with Crippen LogP contribution in [0.5, 0.6) is 23.0 Å². The van der Waals surface area contributed by atoms with Crippen molar-refractivity contribution in [2.45, 2.75) is 57.2 Å². The van der Waals surface area contributed by atoms with Gasteiger partial charge in [0.2, 0.25) is 0 Å². The van der Waals surface area contributed by atoms with Crippen molar-refractivity contribution in [1.29, 1.82) is 0 Å².